The van der Waals surface area contributed by atoms with E-state index in [1.165, 1.54) is 0 Å². The Morgan fingerprint density at radius 3 is 2.32 bits per heavy atom. The van der Waals surface area contributed by atoms with Gasteiger partial charge in [0.25, 0.3) is 5.91 Å². The quantitative estimate of drug-likeness (QED) is 0.586. The average molecular weight is 468 g/mol. The molecule has 0 aliphatic rings. The number of rotatable bonds is 2. The van der Waals surface area contributed by atoms with Crippen molar-refractivity contribution in [2.75, 3.05) is 5.32 Å². The first-order valence-electron chi connectivity index (χ1n) is 5.19. The average Bonchev–Trinajstić information content (AvgIpc) is 2.35. The second-order valence-electron chi connectivity index (χ2n) is 3.70. The molecule has 2 rings (SSSR count). The van der Waals surface area contributed by atoms with Crippen molar-refractivity contribution in [3.63, 3.8) is 0 Å². The summed E-state index contributed by atoms with van der Waals surface area (Å²) in [5.41, 5.74) is 1.11. The van der Waals surface area contributed by atoms with Gasteiger partial charge in [-0.05, 0) is 52.3 Å². The van der Waals surface area contributed by atoms with Gasteiger partial charge in [-0.2, -0.15) is 0 Å². The smallest absolute Gasteiger partial charge is 0.256 e. The van der Waals surface area contributed by atoms with Crippen LogP contribution in [0.15, 0.2) is 49.8 Å². The number of hydrogen-bond donors (Lipinski definition) is 1. The third-order valence-corrected chi connectivity index (χ3v) is 4.34. The largest absolute Gasteiger partial charge is 0.321 e. The van der Waals surface area contributed by atoms with Crippen LogP contribution in [0, 0.1) is 0 Å². The monoisotopic (exact) mass is 465 g/mol. The summed E-state index contributed by atoms with van der Waals surface area (Å²) >= 11 is 16.1. The van der Waals surface area contributed by atoms with E-state index in [2.05, 4.69) is 53.1 Å². The molecule has 0 fully saturated rings. The van der Waals surface area contributed by atoms with Gasteiger partial charge >= 0.3 is 0 Å². The zero-order valence-electron chi connectivity index (χ0n) is 9.38. The lowest BCUT2D eigenvalue weighted by Gasteiger charge is -2.09. The highest BCUT2D eigenvalue weighted by atomic mass is 79.9. The summed E-state index contributed by atoms with van der Waals surface area (Å²) in [4.78, 5) is 12.2. The van der Waals surface area contributed by atoms with E-state index in [9.17, 15) is 4.79 Å². The highest BCUT2D eigenvalue weighted by molar-refractivity contribution is 9.11. The number of nitrogens with one attached hydrogen (secondary N) is 1. The molecule has 98 valence electrons. The molecule has 6 heteroatoms. The van der Waals surface area contributed by atoms with Gasteiger partial charge in [-0.3, -0.25) is 4.79 Å². The van der Waals surface area contributed by atoms with Gasteiger partial charge in [0.2, 0.25) is 0 Å². The van der Waals surface area contributed by atoms with Crippen LogP contribution in [-0.4, -0.2) is 5.91 Å². The molecule has 0 bridgehead atoms. The zero-order valence-corrected chi connectivity index (χ0v) is 14.9. The predicted molar refractivity (Wildman–Crippen MR) is 88.9 cm³/mol. The lowest BCUT2D eigenvalue weighted by atomic mass is 10.2. The Kier molecular flexibility index (Phi) is 5.06. The number of amides is 1. The van der Waals surface area contributed by atoms with E-state index >= 15 is 0 Å². The minimum Gasteiger partial charge on any atom is -0.321 e. The minimum absolute atomic E-state index is 0.225. The summed E-state index contributed by atoms with van der Waals surface area (Å²) in [5, 5.41) is 3.26. The van der Waals surface area contributed by atoms with Gasteiger partial charge in [-0.25, -0.2) is 0 Å². The molecule has 0 aliphatic carbocycles. The van der Waals surface area contributed by atoms with Crippen LogP contribution in [0.2, 0.25) is 5.02 Å². The number of hydrogen-bond acceptors (Lipinski definition) is 1. The first-order valence-corrected chi connectivity index (χ1v) is 7.94. The van der Waals surface area contributed by atoms with Crippen LogP contribution >= 0.6 is 59.4 Å². The van der Waals surface area contributed by atoms with Crippen LogP contribution in [0.1, 0.15) is 10.4 Å². The molecule has 0 atom stereocenters. The molecule has 0 radical (unpaired) electrons. The van der Waals surface area contributed by atoms with Crippen molar-refractivity contribution in [3.8, 4) is 0 Å². The number of carbonyl (C=O) groups is 1. The van der Waals surface area contributed by atoms with Crippen molar-refractivity contribution < 1.29 is 4.79 Å². The second kappa shape index (κ2) is 6.39. The summed E-state index contributed by atoms with van der Waals surface area (Å²) in [6.07, 6.45) is 0. The van der Waals surface area contributed by atoms with E-state index < -0.39 is 0 Å². The fourth-order valence-corrected chi connectivity index (χ4v) is 2.96. The number of carbonyl (C=O) groups excluding carboxylic acids is 1. The fourth-order valence-electron chi connectivity index (χ4n) is 1.45. The maximum Gasteiger partial charge on any atom is 0.256 e. The zero-order chi connectivity index (χ0) is 14.0. The maximum atomic E-state index is 12.2. The molecule has 0 unspecified atom stereocenters. The van der Waals surface area contributed by atoms with Crippen molar-refractivity contribution >= 4 is 71.0 Å². The molecule has 0 aliphatic heterocycles. The highest BCUT2D eigenvalue weighted by Gasteiger charge is 2.12. The van der Waals surface area contributed by atoms with E-state index in [1.807, 2.05) is 18.2 Å². The molecule has 2 aromatic carbocycles. The third-order valence-electron chi connectivity index (χ3n) is 2.35. The van der Waals surface area contributed by atoms with Gasteiger partial charge < -0.3 is 5.32 Å². The molecule has 0 saturated carbocycles. The van der Waals surface area contributed by atoms with E-state index in [1.54, 1.807) is 18.2 Å². The van der Waals surface area contributed by atoms with Crippen LogP contribution in [0.5, 0.6) is 0 Å². The molecule has 0 aromatic heterocycles. The maximum absolute atomic E-state index is 12.2. The summed E-state index contributed by atoms with van der Waals surface area (Å²) in [5.74, 6) is -0.225. The van der Waals surface area contributed by atoms with Crippen molar-refractivity contribution in [2.45, 2.75) is 0 Å². The lowest BCUT2D eigenvalue weighted by molar-refractivity contribution is 0.102. The number of halogens is 4. The molecular formula is C13H7Br3ClNO. The summed E-state index contributed by atoms with van der Waals surface area (Å²) < 4.78 is 2.42. The molecule has 1 N–H and O–H groups in total. The molecule has 0 heterocycles. The highest BCUT2D eigenvalue weighted by Crippen LogP contribution is 2.27. The first kappa shape index (κ1) is 15.0. The Bertz CT molecular complexity index is 646. The van der Waals surface area contributed by atoms with Gasteiger partial charge in [0.15, 0.2) is 0 Å². The summed E-state index contributed by atoms with van der Waals surface area (Å²) in [7, 11) is 0. The molecule has 1 amide bonds. The SMILES string of the molecule is O=C(Nc1ccc(Br)cc1Cl)c1cc(Br)ccc1Br. The molecule has 2 aromatic rings. The lowest BCUT2D eigenvalue weighted by Crippen LogP contribution is -2.12. The van der Waals surface area contributed by atoms with Gasteiger partial charge in [0.05, 0.1) is 16.3 Å². The van der Waals surface area contributed by atoms with Gasteiger partial charge in [0.1, 0.15) is 0 Å². The topological polar surface area (TPSA) is 29.1 Å². The fraction of sp³-hybridized carbons (Fsp3) is 0. The second-order valence-corrected chi connectivity index (χ2v) is 6.80. The van der Waals surface area contributed by atoms with Crippen molar-refractivity contribution in [2.24, 2.45) is 0 Å². The third kappa shape index (κ3) is 3.81. The standard InChI is InChI=1S/C13H7Br3ClNO/c14-7-1-3-10(16)9(5-7)13(19)18-12-4-2-8(15)6-11(12)17/h1-6H,(H,18,19). The van der Waals surface area contributed by atoms with E-state index in [0.29, 0.717) is 16.3 Å². The van der Waals surface area contributed by atoms with E-state index in [0.717, 1.165) is 13.4 Å². The Hall–Kier alpha value is -0.360. The van der Waals surface area contributed by atoms with Crippen molar-refractivity contribution in [3.05, 3.63) is 60.4 Å². The Morgan fingerprint density at radius 1 is 1.00 bits per heavy atom. The molecular weight excluding hydrogens is 461 g/mol. The Labute approximate surface area is 140 Å². The van der Waals surface area contributed by atoms with Gasteiger partial charge in [-0.1, -0.05) is 43.5 Å². The van der Waals surface area contributed by atoms with Gasteiger partial charge in [-0.15, -0.1) is 0 Å². The first-order chi connectivity index (χ1) is 8.97. The van der Waals surface area contributed by atoms with E-state index in [4.69, 9.17) is 11.6 Å². The Balaban J connectivity index is 2.28. The number of anilines is 1. The van der Waals surface area contributed by atoms with Crippen LogP contribution in [0.25, 0.3) is 0 Å². The van der Waals surface area contributed by atoms with E-state index in [-0.39, 0.29) is 5.91 Å². The molecule has 0 spiro atoms. The van der Waals surface area contributed by atoms with Crippen LogP contribution in [0.3, 0.4) is 0 Å². The minimum atomic E-state index is -0.225. The number of benzene rings is 2. The molecule has 2 nitrogen and oxygen atoms in total. The van der Waals surface area contributed by atoms with Crippen molar-refractivity contribution in [1.29, 1.82) is 0 Å². The predicted octanol–water partition coefficient (Wildman–Crippen LogP) is 5.88. The van der Waals surface area contributed by atoms with Crippen LogP contribution < -0.4 is 5.32 Å². The van der Waals surface area contributed by atoms with Crippen LogP contribution in [-0.2, 0) is 0 Å². The molecule has 0 saturated heterocycles. The molecule has 19 heavy (non-hydrogen) atoms. The van der Waals surface area contributed by atoms with Crippen LogP contribution in [0.4, 0.5) is 5.69 Å². The Morgan fingerprint density at radius 2 is 1.63 bits per heavy atom. The summed E-state index contributed by atoms with van der Waals surface area (Å²) in [6, 6.07) is 10.7. The normalized spacial score (nSPS) is 10.3. The van der Waals surface area contributed by atoms with Crippen molar-refractivity contribution in [1.82, 2.24) is 0 Å². The van der Waals surface area contributed by atoms with Gasteiger partial charge in [0, 0.05) is 13.4 Å². The summed E-state index contributed by atoms with van der Waals surface area (Å²) in [6.45, 7) is 0.